The zero-order valence-electron chi connectivity index (χ0n) is 29.8. The van der Waals surface area contributed by atoms with Crippen molar-refractivity contribution >= 4 is 71.5 Å². The van der Waals surface area contributed by atoms with E-state index >= 15 is 0 Å². The first kappa shape index (κ1) is 44.0. The highest BCUT2D eigenvalue weighted by atomic mass is 16.7. The highest BCUT2D eigenvalue weighted by Gasteiger charge is 2.36. The van der Waals surface area contributed by atoms with E-state index in [0.717, 1.165) is 6.08 Å². The summed E-state index contributed by atoms with van der Waals surface area (Å²) in [4.78, 5) is 128. The molecule has 6 amide bonds. The van der Waals surface area contributed by atoms with Crippen LogP contribution < -0.4 is 0 Å². The molecule has 22 heteroatoms. The van der Waals surface area contributed by atoms with E-state index in [-0.39, 0.29) is 47.3 Å². The van der Waals surface area contributed by atoms with Gasteiger partial charge in [0.25, 0.3) is 35.4 Å². The van der Waals surface area contributed by atoms with Crippen molar-refractivity contribution < 1.29 is 78.0 Å². The van der Waals surface area contributed by atoms with E-state index in [4.69, 9.17) is 30.3 Å². The maximum Gasteiger partial charge on any atom is 0.352 e. The summed E-state index contributed by atoms with van der Waals surface area (Å²) in [6, 6.07) is 14.2. The highest BCUT2D eigenvalue weighted by Crippen LogP contribution is 2.18. The Morgan fingerprint density at radius 1 is 0.569 bits per heavy atom. The van der Waals surface area contributed by atoms with Crippen LogP contribution in [0.1, 0.15) is 36.8 Å². The number of phenols is 2. The molecular weight excluding hydrogens is 772 g/mol. The Morgan fingerprint density at radius 2 is 0.862 bits per heavy atom. The molecule has 0 bridgehead atoms. The van der Waals surface area contributed by atoms with E-state index in [1.807, 2.05) is 0 Å². The lowest BCUT2D eigenvalue weighted by Gasteiger charge is -2.22. The van der Waals surface area contributed by atoms with Crippen LogP contribution in [0.5, 0.6) is 11.5 Å². The van der Waals surface area contributed by atoms with Crippen LogP contribution in [0.2, 0.25) is 0 Å². The van der Waals surface area contributed by atoms with E-state index < -0.39 is 96.6 Å². The molecular formula is C36H30N6O16. The average Bonchev–Trinajstić information content (AvgIpc) is 3.66. The minimum absolute atomic E-state index is 0.000338. The van der Waals surface area contributed by atoms with Crippen LogP contribution in [0.4, 0.5) is 0 Å². The van der Waals surface area contributed by atoms with Gasteiger partial charge in [-0.25, -0.2) is 9.59 Å². The summed E-state index contributed by atoms with van der Waals surface area (Å²) < 4.78 is 0. The number of carboxylic acids is 2. The number of hydroxylamine groups is 4. The normalized spacial score (nSPS) is 13.8. The Balaban J connectivity index is 0.000000351. The van der Waals surface area contributed by atoms with Gasteiger partial charge in [-0.1, -0.05) is 24.3 Å². The van der Waals surface area contributed by atoms with Crippen molar-refractivity contribution in [3.8, 4) is 23.6 Å². The van der Waals surface area contributed by atoms with E-state index in [1.54, 1.807) is 12.1 Å². The minimum Gasteiger partial charge on any atom is -0.508 e. The van der Waals surface area contributed by atoms with Crippen LogP contribution in [-0.2, 0) is 57.6 Å². The Hall–Kier alpha value is -8.40. The second-order valence-corrected chi connectivity index (χ2v) is 11.7. The third-order valence-electron chi connectivity index (χ3n) is 7.37. The van der Waals surface area contributed by atoms with Gasteiger partial charge in [-0.3, -0.25) is 38.4 Å². The number of aromatic hydroxyl groups is 2. The van der Waals surface area contributed by atoms with Gasteiger partial charge in [-0.15, -0.1) is 10.1 Å². The second kappa shape index (κ2) is 20.3. The molecule has 0 radical (unpaired) electrons. The highest BCUT2D eigenvalue weighted by molar-refractivity contribution is 6.06. The molecule has 0 unspecified atom stereocenters. The maximum absolute atomic E-state index is 13.0. The van der Waals surface area contributed by atoms with Crippen molar-refractivity contribution in [1.82, 2.24) is 19.9 Å². The molecule has 2 aliphatic heterocycles. The van der Waals surface area contributed by atoms with Crippen LogP contribution in [0.3, 0.4) is 0 Å². The van der Waals surface area contributed by atoms with Gasteiger partial charge < -0.3 is 39.9 Å². The first-order chi connectivity index (χ1) is 27.4. The number of amides is 6. The molecule has 4 rings (SSSR count). The zero-order valence-corrected chi connectivity index (χ0v) is 29.8. The van der Waals surface area contributed by atoms with E-state index in [1.165, 1.54) is 54.6 Å². The van der Waals surface area contributed by atoms with Crippen LogP contribution in [-0.4, -0.2) is 126 Å². The molecule has 22 nitrogen and oxygen atoms in total. The number of rotatable bonds is 14. The van der Waals surface area contributed by atoms with Gasteiger partial charge in [0.15, 0.2) is 0 Å². The number of carbonyl (C=O) groups excluding carboxylic acids is 8. The number of carbonyl (C=O) groups is 10. The van der Waals surface area contributed by atoms with Gasteiger partial charge in [-0.2, -0.15) is 10.5 Å². The van der Waals surface area contributed by atoms with E-state index in [2.05, 4.69) is 0 Å². The molecule has 0 aliphatic carbocycles. The first-order valence-electron chi connectivity index (χ1n) is 16.4. The fourth-order valence-corrected chi connectivity index (χ4v) is 4.71. The van der Waals surface area contributed by atoms with Gasteiger partial charge in [-0.05, 0) is 47.5 Å². The lowest BCUT2D eigenvalue weighted by molar-refractivity contribution is -0.201. The number of aliphatic carboxylic acids is 2. The van der Waals surface area contributed by atoms with Crippen LogP contribution in [0, 0.1) is 22.7 Å². The van der Waals surface area contributed by atoms with Crippen molar-refractivity contribution in [2.75, 3.05) is 26.2 Å². The van der Waals surface area contributed by atoms with Crippen molar-refractivity contribution in [2.45, 2.75) is 25.7 Å². The van der Waals surface area contributed by atoms with Crippen LogP contribution >= 0.6 is 0 Å². The number of hydrogen-bond acceptors (Lipinski definition) is 16. The number of nitrogens with zero attached hydrogens (tertiary/aromatic N) is 6. The lowest BCUT2D eigenvalue weighted by atomic mass is 10.1. The molecule has 0 aromatic heterocycles. The number of phenolic OH excluding ortho intramolecular Hbond substituents is 2. The predicted octanol–water partition coefficient (Wildman–Crippen LogP) is -0.361. The van der Waals surface area contributed by atoms with Crippen molar-refractivity contribution in [2.24, 2.45) is 0 Å². The molecule has 0 spiro atoms. The molecule has 2 fully saturated rings. The summed E-state index contributed by atoms with van der Waals surface area (Å²) in [6.07, 6.45) is 1.60. The standard InChI is InChI=1S/C22H18N4O10.C14H12N2O6/c23-10-14(9-13-1-3-15(27)4-2-13)22(34)24(11-20(32)35-25-16(28)5-6-17(25)29)12-21(33)36-26-18(30)7-8-19(26)31;15-6-10(5-9-1-3-11(17)4-2-9)14(22)16(7-12(18)19)8-13(20)21/h1-4,9,27H,5-8,11-12H2;1-5,17H,7-8H2,(H,18,19)(H,20,21)/b14-9+;10-5+. The number of imide groups is 2. The lowest BCUT2D eigenvalue weighted by Crippen LogP contribution is -2.45. The monoisotopic (exact) mass is 802 g/mol. The van der Waals surface area contributed by atoms with Crippen LogP contribution in [0.15, 0.2) is 59.7 Å². The van der Waals surface area contributed by atoms with Gasteiger partial charge in [0, 0.05) is 25.7 Å². The Kier molecular flexibility index (Phi) is 15.4. The van der Waals surface area contributed by atoms with Gasteiger partial charge in [0.1, 0.15) is 61.0 Å². The molecule has 4 N–H and O–H groups in total. The third kappa shape index (κ3) is 12.9. The summed E-state index contributed by atoms with van der Waals surface area (Å²) in [6.45, 7) is -3.66. The summed E-state index contributed by atoms with van der Waals surface area (Å²) in [5.74, 6) is -10.7. The molecule has 2 aromatic rings. The Bertz CT molecular complexity index is 2070. The van der Waals surface area contributed by atoms with Crippen LogP contribution in [0.25, 0.3) is 12.2 Å². The summed E-state index contributed by atoms with van der Waals surface area (Å²) in [5, 5.41) is 54.9. The number of benzene rings is 2. The summed E-state index contributed by atoms with van der Waals surface area (Å²) in [7, 11) is 0. The summed E-state index contributed by atoms with van der Waals surface area (Å²) in [5.41, 5.74) is -0.200. The van der Waals surface area contributed by atoms with E-state index in [0.29, 0.717) is 20.9 Å². The van der Waals surface area contributed by atoms with Crippen molar-refractivity contribution in [3.05, 3.63) is 70.8 Å². The topological polar surface area (TPSA) is 331 Å². The smallest absolute Gasteiger partial charge is 0.352 e. The molecule has 0 atom stereocenters. The fraction of sp³-hybridized carbons (Fsp3) is 0.222. The minimum atomic E-state index is -1.39. The van der Waals surface area contributed by atoms with E-state index in [9.17, 15) is 58.3 Å². The Labute approximate surface area is 326 Å². The molecule has 300 valence electrons. The predicted molar refractivity (Wildman–Crippen MR) is 186 cm³/mol. The first-order valence-corrected chi connectivity index (χ1v) is 16.4. The molecule has 58 heavy (non-hydrogen) atoms. The molecule has 2 heterocycles. The van der Waals surface area contributed by atoms with Crippen molar-refractivity contribution in [3.63, 3.8) is 0 Å². The van der Waals surface area contributed by atoms with Gasteiger partial charge >= 0.3 is 23.9 Å². The number of carboxylic acid groups (broad SMARTS) is 2. The quantitative estimate of drug-likeness (QED) is 0.108. The number of hydrogen-bond donors (Lipinski definition) is 4. The molecule has 2 aliphatic rings. The maximum atomic E-state index is 13.0. The molecule has 0 saturated carbocycles. The van der Waals surface area contributed by atoms with Gasteiger partial charge in [0.2, 0.25) is 0 Å². The van der Waals surface area contributed by atoms with Gasteiger partial charge in [0.05, 0.1) is 0 Å². The Morgan fingerprint density at radius 3 is 1.14 bits per heavy atom. The third-order valence-corrected chi connectivity index (χ3v) is 7.37. The largest absolute Gasteiger partial charge is 0.508 e. The molecule has 2 aromatic carbocycles. The second-order valence-electron chi connectivity index (χ2n) is 11.7. The molecule has 2 saturated heterocycles. The van der Waals surface area contributed by atoms with Crippen molar-refractivity contribution in [1.29, 1.82) is 10.5 Å². The summed E-state index contributed by atoms with van der Waals surface area (Å²) >= 11 is 0. The fourth-order valence-electron chi connectivity index (χ4n) is 4.71. The zero-order chi connectivity index (χ0) is 43.1. The number of nitriles is 2. The average molecular weight is 803 g/mol. The SMILES string of the molecule is N#C/C(=C\c1ccc(O)cc1)C(=O)N(CC(=O)O)CC(=O)O.N#C/C(=C\c1ccc(O)cc1)C(=O)N(CC(=O)ON1C(=O)CCC1=O)CC(=O)ON1C(=O)CCC1=O.